The predicted molar refractivity (Wildman–Crippen MR) is 329 cm³/mol. The molecule has 8 aliphatic carbocycles. The molecule has 0 aromatic rings. The second-order valence-corrected chi connectivity index (χ2v) is 37.2. The summed E-state index contributed by atoms with van der Waals surface area (Å²) in [6.45, 7) is 75.1. The second kappa shape index (κ2) is 21.0. The van der Waals surface area contributed by atoms with E-state index >= 15 is 0 Å². The maximum atomic E-state index is 2.94. The van der Waals surface area contributed by atoms with Gasteiger partial charge in [0.25, 0.3) is 0 Å². The fourth-order valence-electron chi connectivity index (χ4n) is 28.0. The first-order valence-corrected chi connectivity index (χ1v) is 34.4. The maximum absolute atomic E-state index is 2.94. The Balaban J connectivity index is 1.24. The molecule has 75 heavy (non-hydrogen) atoms. The molecular formula is C75H136. The van der Waals surface area contributed by atoms with Gasteiger partial charge in [0.2, 0.25) is 0 Å². The average Bonchev–Trinajstić information content (AvgIpc) is 4.08. The highest BCUT2D eigenvalue weighted by molar-refractivity contribution is 5.14. The van der Waals surface area contributed by atoms with Crippen molar-refractivity contribution in [2.45, 2.75) is 277 Å². The Morgan fingerprint density at radius 1 is 0.373 bits per heavy atom. The normalized spacial score (nSPS) is 51.0. The molecule has 0 aromatic carbocycles. The fourth-order valence-corrected chi connectivity index (χ4v) is 28.0. The highest BCUT2D eigenvalue weighted by Gasteiger charge is 2.66. The molecule has 5 bridgehead atoms. The largest absolute Gasteiger partial charge is 0.0625 e. The first-order chi connectivity index (χ1) is 34.4. The zero-order chi connectivity index (χ0) is 56.0. The molecule has 0 N–H and O–H groups in total. The number of fused-ring (bicyclic) bond motifs is 5. The molecule has 0 heterocycles. The van der Waals surface area contributed by atoms with E-state index in [0.717, 1.165) is 160 Å². The Labute approximate surface area is 472 Å². The van der Waals surface area contributed by atoms with Crippen LogP contribution < -0.4 is 0 Å². The molecule has 0 aliphatic heterocycles. The fraction of sp³-hybridized carbons (Fsp3) is 1.00. The van der Waals surface area contributed by atoms with Crippen LogP contribution in [0.4, 0.5) is 0 Å². The molecule has 8 saturated carbocycles. The van der Waals surface area contributed by atoms with Gasteiger partial charge in [-0.15, -0.1) is 0 Å². The SMILES string of the molecule is CC(C)C1CC(C)C(C(C)(C)C2CC(C(C)(C)C3C(C)C4C(C)C3CCC3CC(C)C(C)C3C(C)(C)C3CC5CCC6C(C(C)C(C)C6C4(C)C)C(C)(C)CCCC(C)(C)CCCC(C)(C)C5C3C)C(C)C2C)C1C. The van der Waals surface area contributed by atoms with Crippen LogP contribution in [-0.2, 0) is 0 Å². The first-order valence-electron chi connectivity index (χ1n) is 34.4. The molecule has 0 heteroatoms. The van der Waals surface area contributed by atoms with Crippen LogP contribution in [0.15, 0.2) is 0 Å². The van der Waals surface area contributed by atoms with Crippen molar-refractivity contribution >= 4 is 0 Å². The summed E-state index contributed by atoms with van der Waals surface area (Å²) in [6, 6.07) is 0. The van der Waals surface area contributed by atoms with Crippen molar-refractivity contribution in [2.75, 3.05) is 0 Å². The Morgan fingerprint density at radius 3 is 1.40 bits per heavy atom. The van der Waals surface area contributed by atoms with Crippen LogP contribution in [0, 0.1) is 198 Å². The minimum absolute atomic E-state index is 0.291. The zero-order valence-electron chi connectivity index (χ0n) is 56.0. The van der Waals surface area contributed by atoms with E-state index in [9.17, 15) is 0 Å². The van der Waals surface area contributed by atoms with Crippen molar-refractivity contribution in [3.63, 3.8) is 0 Å². The molecule has 0 radical (unpaired) electrons. The van der Waals surface area contributed by atoms with Gasteiger partial charge in [-0.2, -0.15) is 0 Å². The van der Waals surface area contributed by atoms with Gasteiger partial charge in [-0.05, 0) is 275 Å². The number of rotatable bonds is 5. The zero-order valence-corrected chi connectivity index (χ0v) is 56.0. The Kier molecular flexibility index (Phi) is 17.1. The summed E-state index contributed by atoms with van der Waals surface area (Å²) in [6.07, 6.45) is 20.3. The smallest absolute Gasteiger partial charge is 0.0287 e. The number of hydrogen-bond donors (Lipinski definition) is 0. The van der Waals surface area contributed by atoms with Gasteiger partial charge in [-0.25, -0.2) is 0 Å². The van der Waals surface area contributed by atoms with Crippen molar-refractivity contribution in [3.8, 4) is 0 Å². The third-order valence-corrected chi connectivity index (χ3v) is 30.7. The molecule has 436 valence electrons. The van der Waals surface area contributed by atoms with Gasteiger partial charge in [0.15, 0.2) is 0 Å². The summed E-state index contributed by atoms with van der Waals surface area (Å²) in [5.41, 5.74) is 2.50. The van der Waals surface area contributed by atoms with E-state index < -0.39 is 0 Å². The van der Waals surface area contributed by atoms with Crippen LogP contribution in [0.3, 0.4) is 0 Å². The lowest BCUT2D eigenvalue weighted by molar-refractivity contribution is -0.0181. The molecule has 8 fully saturated rings. The molecule has 26 unspecified atom stereocenters. The summed E-state index contributed by atoms with van der Waals surface area (Å²) < 4.78 is 0. The molecule has 26 atom stereocenters. The van der Waals surface area contributed by atoms with Crippen LogP contribution in [0.1, 0.15) is 277 Å². The van der Waals surface area contributed by atoms with E-state index in [1.54, 1.807) is 0 Å². The quantitative estimate of drug-likeness (QED) is 0.257. The van der Waals surface area contributed by atoms with Crippen molar-refractivity contribution in [1.82, 2.24) is 0 Å². The van der Waals surface area contributed by atoms with E-state index in [2.05, 4.69) is 187 Å². The summed E-state index contributed by atoms with van der Waals surface area (Å²) in [7, 11) is 0. The number of hydrogen-bond acceptors (Lipinski definition) is 0. The Hall–Kier alpha value is 0. The third-order valence-electron chi connectivity index (χ3n) is 30.7. The van der Waals surface area contributed by atoms with Crippen LogP contribution >= 0.6 is 0 Å². The van der Waals surface area contributed by atoms with Gasteiger partial charge in [0.05, 0.1) is 0 Å². The van der Waals surface area contributed by atoms with E-state index in [1.807, 2.05) is 0 Å². The highest BCUT2D eigenvalue weighted by atomic mass is 14.7. The van der Waals surface area contributed by atoms with E-state index in [4.69, 9.17) is 0 Å². The first kappa shape index (κ1) is 61.1. The van der Waals surface area contributed by atoms with Crippen LogP contribution in [0.5, 0.6) is 0 Å². The summed E-state index contributed by atoms with van der Waals surface area (Å²) in [4.78, 5) is 0. The van der Waals surface area contributed by atoms with Gasteiger partial charge in [0, 0.05) is 0 Å². The van der Waals surface area contributed by atoms with Gasteiger partial charge >= 0.3 is 0 Å². The molecule has 8 rings (SSSR count). The Morgan fingerprint density at radius 2 is 0.867 bits per heavy atom. The molecule has 0 saturated heterocycles. The lowest BCUT2D eigenvalue weighted by Gasteiger charge is -2.50. The van der Waals surface area contributed by atoms with E-state index in [1.165, 1.54) is 89.9 Å². The third kappa shape index (κ3) is 10.2. The van der Waals surface area contributed by atoms with Crippen LogP contribution in [-0.4, -0.2) is 0 Å². The van der Waals surface area contributed by atoms with Crippen molar-refractivity contribution in [3.05, 3.63) is 0 Å². The minimum Gasteiger partial charge on any atom is -0.0625 e. The van der Waals surface area contributed by atoms with Gasteiger partial charge in [0.1, 0.15) is 0 Å². The Bertz CT molecular complexity index is 1910. The standard InChI is InChI=1S/C75H136/c1-42(2)58-39-44(4)62(51(58)11)72(20,21)60-41-61(47(7)46(60)6)74(24,25)68-53(13)63-50(10)56(68)32-30-54-38-43(3)45(5)65(54)73(22,23)59-40-55-31-33-57-66(48(8)49(9)67(57)75(63,26)27)71(18,19)37-29-35-69(14,15)34-28-36-70(16,17)64(55)52(59)12/h42-68H,28-41H2,1-27H3. The van der Waals surface area contributed by atoms with E-state index in [0.29, 0.717) is 37.9 Å². The molecular weight excluding hydrogens is 901 g/mol. The van der Waals surface area contributed by atoms with Crippen molar-refractivity contribution in [1.29, 1.82) is 0 Å². The molecule has 0 nitrogen and oxygen atoms in total. The average molecular weight is 1040 g/mol. The van der Waals surface area contributed by atoms with Gasteiger partial charge < -0.3 is 0 Å². The second-order valence-electron chi connectivity index (χ2n) is 37.2. The lowest BCUT2D eigenvalue weighted by atomic mass is 9.55. The van der Waals surface area contributed by atoms with Gasteiger partial charge in [-0.3, -0.25) is 0 Å². The van der Waals surface area contributed by atoms with Gasteiger partial charge in [-0.1, -0.05) is 200 Å². The van der Waals surface area contributed by atoms with Crippen molar-refractivity contribution < 1.29 is 0 Å². The minimum atomic E-state index is 0.291. The maximum Gasteiger partial charge on any atom is -0.0287 e. The van der Waals surface area contributed by atoms with Crippen molar-refractivity contribution in [2.24, 2.45) is 198 Å². The summed E-state index contributed by atoms with van der Waals surface area (Å²) >= 11 is 0. The molecule has 0 aromatic heterocycles. The molecule has 0 spiro atoms. The summed E-state index contributed by atoms with van der Waals surface area (Å²) in [5, 5.41) is 0. The molecule has 8 aliphatic rings. The highest BCUT2D eigenvalue weighted by Crippen LogP contribution is 2.72. The predicted octanol–water partition coefficient (Wildman–Crippen LogP) is 22.6. The van der Waals surface area contributed by atoms with Crippen LogP contribution in [0.25, 0.3) is 0 Å². The van der Waals surface area contributed by atoms with Crippen LogP contribution in [0.2, 0.25) is 0 Å². The lowest BCUT2D eigenvalue weighted by Crippen LogP contribution is -2.44. The molecule has 0 amide bonds. The topological polar surface area (TPSA) is 0 Å². The van der Waals surface area contributed by atoms with E-state index in [-0.39, 0.29) is 0 Å². The monoisotopic (exact) mass is 1040 g/mol. The summed E-state index contributed by atoms with van der Waals surface area (Å²) in [5.74, 6) is 21.9.